The number of carbonyl (C=O) groups excluding carboxylic acids is 2. The molecule has 0 radical (unpaired) electrons. The standard InChI is InChI=1S/C19H24F2N2O3/c1-14-5-7-15(8-6-14)18(25)22-9-10-26-19(11-22)12-23(13-19)17(24)4-2-3-16(20)21/h5-8,16H,2-4,9-13H2,1H3. The topological polar surface area (TPSA) is 49.9 Å². The number of rotatable bonds is 5. The molecule has 1 spiro atoms. The van der Waals surface area contributed by atoms with Gasteiger partial charge in [0.2, 0.25) is 12.3 Å². The summed E-state index contributed by atoms with van der Waals surface area (Å²) in [6.45, 7) is 4.21. The van der Waals surface area contributed by atoms with Crippen LogP contribution in [0.1, 0.15) is 35.2 Å². The molecule has 2 saturated heterocycles. The van der Waals surface area contributed by atoms with Crippen molar-refractivity contribution in [1.82, 2.24) is 9.80 Å². The molecule has 2 aliphatic heterocycles. The van der Waals surface area contributed by atoms with Crippen molar-refractivity contribution in [3.05, 3.63) is 35.4 Å². The predicted molar refractivity (Wildman–Crippen MR) is 92.2 cm³/mol. The van der Waals surface area contributed by atoms with Crippen LogP contribution in [0.15, 0.2) is 24.3 Å². The minimum Gasteiger partial charge on any atom is -0.368 e. The van der Waals surface area contributed by atoms with E-state index in [-0.39, 0.29) is 31.1 Å². The third-order valence-electron chi connectivity index (χ3n) is 4.96. The number of carbonyl (C=O) groups is 2. The fraction of sp³-hybridized carbons (Fsp3) is 0.579. The maximum absolute atomic E-state index is 12.7. The van der Waals surface area contributed by atoms with E-state index in [1.807, 2.05) is 31.2 Å². The average molecular weight is 366 g/mol. The number of alkyl halides is 2. The monoisotopic (exact) mass is 366 g/mol. The maximum atomic E-state index is 12.7. The Morgan fingerprint density at radius 2 is 1.81 bits per heavy atom. The lowest BCUT2D eigenvalue weighted by atomic mass is 9.90. The van der Waals surface area contributed by atoms with Crippen molar-refractivity contribution in [1.29, 1.82) is 0 Å². The lowest BCUT2D eigenvalue weighted by molar-refractivity contribution is -0.186. The lowest BCUT2D eigenvalue weighted by Gasteiger charge is -2.53. The van der Waals surface area contributed by atoms with Gasteiger partial charge in [-0.1, -0.05) is 17.7 Å². The predicted octanol–water partition coefficient (Wildman–Crippen LogP) is 2.48. The minimum absolute atomic E-state index is 0.0330. The van der Waals surface area contributed by atoms with Crippen LogP contribution in [0.25, 0.3) is 0 Å². The van der Waals surface area contributed by atoms with Crippen molar-refractivity contribution in [2.75, 3.05) is 32.8 Å². The van der Waals surface area contributed by atoms with Gasteiger partial charge in [-0.3, -0.25) is 9.59 Å². The number of benzene rings is 1. The molecule has 1 aromatic carbocycles. The number of halogens is 2. The van der Waals surface area contributed by atoms with Crippen LogP contribution in [0.5, 0.6) is 0 Å². The molecule has 0 N–H and O–H groups in total. The van der Waals surface area contributed by atoms with Gasteiger partial charge in [0.25, 0.3) is 5.91 Å². The van der Waals surface area contributed by atoms with E-state index in [1.54, 1.807) is 9.80 Å². The maximum Gasteiger partial charge on any atom is 0.254 e. The van der Waals surface area contributed by atoms with Gasteiger partial charge in [-0.15, -0.1) is 0 Å². The molecule has 0 atom stereocenters. The highest BCUT2D eigenvalue weighted by Crippen LogP contribution is 2.30. The molecule has 0 unspecified atom stereocenters. The second-order valence-electron chi connectivity index (χ2n) is 7.16. The van der Waals surface area contributed by atoms with Crippen LogP contribution in [0.2, 0.25) is 0 Å². The Morgan fingerprint density at radius 1 is 1.15 bits per heavy atom. The Bertz CT molecular complexity index is 657. The molecule has 7 heteroatoms. The van der Waals surface area contributed by atoms with Gasteiger partial charge >= 0.3 is 0 Å². The number of nitrogens with zero attached hydrogens (tertiary/aromatic N) is 2. The zero-order valence-corrected chi connectivity index (χ0v) is 14.9. The first kappa shape index (κ1) is 18.8. The van der Waals surface area contributed by atoms with E-state index in [0.29, 0.717) is 38.3 Å². The van der Waals surface area contributed by atoms with Gasteiger partial charge in [0.1, 0.15) is 5.60 Å². The Hall–Kier alpha value is -2.02. The Kier molecular flexibility index (Phi) is 5.55. The highest BCUT2D eigenvalue weighted by atomic mass is 19.3. The van der Waals surface area contributed by atoms with Crippen molar-refractivity contribution in [3.8, 4) is 0 Å². The second-order valence-corrected chi connectivity index (χ2v) is 7.16. The number of hydrogen-bond acceptors (Lipinski definition) is 3. The van der Waals surface area contributed by atoms with Crippen LogP contribution in [0.3, 0.4) is 0 Å². The molecule has 26 heavy (non-hydrogen) atoms. The number of morpholine rings is 1. The van der Waals surface area contributed by atoms with Crippen molar-refractivity contribution in [2.24, 2.45) is 0 Å². The smallest absolute Gasteiger partial charge is 0.254 e. The summed E-state index contributed by atoms with van der Waals surface area (Å²) in [5.41, 5.74) is 1.23. The van der Waals surface area contributed by atoms with Gasteiger partial charge in [-0.05, 0) is 25.5 Å². The molecule has 5 nitrogen and oxygen atoms in total. The molecule has 2 fully saturated rings. The molecule has 2 amide bonds. The summed E-state index contributed by atoms with van der Waals surface area (Å²) in [7, 11) is 0. The first-order valence-electron chi connectivity index (χ1n) is 8.94. The van der Waals surface area contributed by atoms with Crippen LogP contribution in [-0.2, 0) is 9.53 Å². The van der Waals surface area contributed by atoms with Crippen LogP contribution in [-0.4, -0.2) is 66.4 Å². The summed E-state index contributed by atoms with van der Waals surface area (Å²) >= 11 is 0. The van der Waals surface area contributed by atoms with Crippen LogP contribution in [0.4, 0.5) is 8.78 Å². The van der Waals surface area contributed by atoms with Gasteiger partial charge in [0.05, 0.1) is 26.2 Å². The van der Waals surface area contributed by atoms with Crippen molar-refractivity contribution in [3.63, 3.8) is 0 Å². The van der Waals surface area contributed by atoms with E-state index in [0.717, 1.165) is 5.56 Å². The van der Waals surface area contributed by atoms with Crippen molar-refractivity contribution in [2.45, 2.75) is 38.2 Å². The fourth-order valence-electron chi connectivity index (χ4n) is 3.48. The summed E-state index contributed by atoms with van der Waals surface area (Å²) in [6.07, 6.45) is -2.29. The summed E-state index contributed by atoms with van der Waals surface area (Å²) in [6, 6.07) is 7.46. The van der Waals surface area contributed by atoms with E-state index in [4.69, 9.17) is 4.74 Å². The highest BCUT2D eigenvalue weighted by molar-refractivity contribution is 5.94. The van der Waals surface area contributed by atoms with E-state index in [9.17, 15) is 18.4 Å². The van der Waals surface area contributed by atoms with E-state index in [1.165, 1.54) is 0 Å². The summed E-state index contributed by atoms with van der Waals surface area (Å²) < 4.78 is 30.2. The molecule has 1 aromatic rings. The van der Waals surface area contributed by atoms with Gasteiger partial charge in [-0.2, -0.15) is 0 Å². The SMILES string of the molecule is Cc1ccc(C(=O)N2CCOC3(CN(C(=O)CCCC(F)F)C3)C2)cc1. The van der Waals surface area contributed by atoms with Crippen LogP contribution >= 0.6 is 0 Å². The molecule has 0 bridgehead atoms. The molecule has 2 aliphatic rings. The van der Waals surface area contributed by atoms with E-state index < -0.39 is 12.0 Å². The molecule has 0 aromatic heterocycles. The van der Waals surface area contributed by atoms with Crippen LogP contribution < -0.4 is 0 Å². The van der Waals surface area contributed by atoms with Crippen molar-refractivity contribution >= 4 is 11.8 Å². The number of hydrogen-bond donors (Lipinski definition) is 0. The van der Waals surface area contributed by atoms with Gasteiger partial charge in [0, 0.05) is 24.9 Å². The summed E-state index contributed by atoms with van der Waals surface area (Å²) in [5, 5.41) is 0. The van der Waals surface area contributed by atoms with Gasteiger partial charge in [0.15, 0.2) is 0 Å². The molecule has 0 saturated carbocycles. The first-order valence-corrected chi connectivity index (χ1v) is 8.94. The molecule has 2 heterocycles. The minimum atomic E-state index is -2.37. The van der Waals surface area contributed by atoms with Crippen molar-refractivity contribution < 1.29 is 23.1 Å². The summed E-state index contributed by atoms with van der Waals surface area (Å²) in [4.78, 5) is 28.1. The highest BCUT2D eigenvalue weighted by Gasteiger charge is 2.49. The number of likely N-dealkylation sites (tertiary alicyclic amines) is 1. The Balaban J connectivity index is 1.52. The molecular formula is C19H24F2N2O3. The lowest BCUT2D eigenvalue weighted by Crippen LogP contribution is -2.71. The number of amides is 2. The Morgan fingerprint density at radius 3 is 2.46 bits per heavy atom. The molecular weight excluding hydrogens is 342 g/mol. The third kappa shape index (κ3) is 4.20. The van der Waals surface area contributed by atoms with Gasteiger partial charge in [-0.25, -0.2) is 8.78 Å². The number of ether oxygens (including phenoxy) is 1. The third-order valence-corrected chi connectivity index (χ3v) is 4.96. The second kappa shape index (κ2) is 7.70. The molecule has 0 aliphatic carbocycles. The average Bonchev–Trinajstić information content (AvgIpc) is 2.59. The zero-order valence-electron chi connectivity index (χ0n) is 14.9. The summed E-state index contributed by atoms with van der Waals surface area (Å²) in [5.74, 6) is -0.156. The molecule has 142 valence electrons. The normalized spacial score (nSPS) is 18.9. The van der Waals surface area contributed by atoms with Crippen LogP contribution in [0, 0.1) is 6.92 Å². The fourth-order valence-corrected chi connectivity index (χ4v) is 3.48. The molecule has 3 rings (SSSR count). The van der Waals surface area contributed by atoms with E-state index in [2.05, 4.69) is 0 Å². The zero-order chi connectivity index (χ0) is 18.7. The quantitative estimate of drug-likeness (QED) is 0.805. The Labute approximate surface area is 151 Å². The largest absolute Gasteiger partial charge is 0.368 e. The van der Waals surface area contributed by atoms with E-state index >= 15 is 0 Å². The van der Waals surface area contributed by atoms with Gasteiger partial charge < -0.3 is 14.5 Å². The number of aryl methyl sites for hydroxylation is 1. The first-order chi connectivity index (χ1) is 12.4.